The lowest BCUT2D eigenvalue weighted by atomic mass is 9.75. The van der Waals surface area contributed by atoms with E-state index in [0.717, 1.165) is 36.4 Å². The highest BCUT2D eigenvalue weighted by Crippen LogP contribution is 2.35. The molecule has 1 saturated carbocycles. The van der Waals surface area contributed by atoms with Crippen molar-refractivity contribution in [3.63, 3.8) is 0 Å². The van der Waals surface area contributed by atoms with Crippen molar-refractivity contribution in [2.75, 3.05) is 27.2 Å². The van der Waals surface area contributed by atoms with Gasteiger partial charge in [0.25, 0.3) is 0 Å². The van der Waals surface area contributed by atoms with E-state index in [-0.39, 0.29) is 29.5 Å². The van der Waals surface area contributed by atoms with E-state index in [4.69, 9.17) is 4.99 Å². The largest absolute Gasteiger partial charge is 0.357 e. The Morgan fingerprint density at radius 1 is 1.32 bits per heavy atom. The summed E-state index contributed by atoms with van der Waals surface area (Å²) < 4.78 is 1.98. The fourth-order valence-electron chi connectivity index (χ4n) is 4.10. The zero-order chi connectivity index (χ0) is 19.3. The topological polar surface area (TPSA) is 69.8 Å². The van der Waals surface area contributed by atoms with Crippen LogP contribution in [0.15, 0.2) is 29.4 Å². The van der Waals surface area contributed by atoms with E-state index in [1.807, 2.05) is 28.8 Å². The second kappa shape index (κ2) is 10.4. The van der Waals surface area contributed by atoms with Gasteiger partial charge >= 0.3 is 0 Å². The molecule has 28 heavy (non-hydrogen) atoms. The third kappa shape index (κ3) is 5.34. The maximum atomic E-state index is 4.75. The van der Waals surface area contributed by atoms with Crippen molar-refractivity contribution in [2.24, 2.45) is 10.9 Å². The lowest BCUT2D eigenvalue weighted by Gasteiger charge is -2.45. The molecule has 0 saturated heterocycles. The van der Waals surface area contributed by atoms with Gasteiger partial charge in [0.15, 0.2) is 17.4 Å². The lowest BCUT2D eigenvalue weighted by Crippen LogP contribution is -2.56. The molecule has 0 spiro atoms. The zero-order valence-electron chi connectivity index (χ0n) is 17.5. The van der Waals surface area contributed by atoms with Crippen LogP contribution in [0.2, 0.25) is 0 Å². The van der Waals surface area contributed by atoms with Gasteiger partial charge in [0.05, 0.1) is 0 Å². The van der Waals surface area contributed by atoms with Crippen LogP contribution in [0.1, 0.15) is 45.4 Å². The van der Waals surface area contributed by atoms with Crippen LogP contribution < -0.4 is 10.6 Å². The van der Waals surface area contributed by atoms with E-state index in [0.29, 0.717) is 6.54 Å². The van der Waals surface area contributed by atoms with Gasteiger partial charge in [-0.05, 0) is 51.9 Å². The molecule has 0 bridgehead atoms. The van der Waals surface area contributed by atoms with Crippen molar-refractivity contribution in [3.05, 3.63) is 30.2 Å². The molecule has 2 aromatic heterocycles. The monoisotopic (exact) mass is 499 g/mol. The summed E-state index contributed by atoms with van der Waals surface area (Å²) in [5, 5.41) is 15.4. The van der Waals surface area contributed by atoms with Crippen LogP contribution in [0, 0.1) is 5.92 Å². The van der Waals surface area contributed by atoms with Crippen molar-refractivity contribution in [2.45, 2.75) is 51.6 Å². The Balaban J connectivity index is 0.00000280. The summed E-state index contributed by atoms with van der Waals surface area (Å²) in [6.07, 6.45) is 7.06. The minimum Gasteiger partial charge on any atom is -0.357 e. The number of nitrogens with one attached hydrogen (secondary N) is 2. The molecule has 2 aromatic rings. The van der Waals surface area contributed by atoms with Gasteiger partial charge in [-0.25, -0.2) is 4.99 Å². The van der Waals surface area contributed by atoms with Crippen LogP contribution in [0.5, 0.6) is 0 Å². The summed E-state index contributed by atoms with van der Waals surface area (Å²) in [4.78, 5) is 7.15. The van der Waals surface area contributed by atoms with Crippen LogP contribution in [0.3, 0.4) is 0 Å². The molecular weight excluding hydrogens is 465 g/mol. The Morgan fingerprint density at radius 3 is 2.86 bits per heavy atom. The standard InChI is InChI=1S/C20H33N7.HI/c1-5-21-19(22-14-18-25-24-17-10-6-7-12-27(17)18)23-15-20(26(3)4)11-8-9-16(2)13-20;/h6-7,10,12,16H,5,8-9,11,13-15H2,1-4H3,(H2,21,22,23);1H. The number of rotatable bonds is 6. The van der Waals surface area contributed by atoms with Gasteiger partial charge in [-0.3, -0.25) is 4.40 Å². The van der Waals surface area contributed by atoms with Crippen molar-refractivity contribution in [3.8, 4) is 0 Å². The molecule has 8 heteroatoms. The zero-order valence-corrected chi connectivity index (χ0v) is 19.8. The third-order valence-electron chi connectivity index (χ3n) is 5.71. The van der Waals surface area contributed by atoms with Gasteiger partial charge in [-0.15, -0.1) is 34.2 Å². The first-order chi connectivity index (χ1) is 13.0. The Kier molecular flexibility index (Phi) is 8.48. The Morgan fingerprint density at radius 2 is 2.14 bits per heavy atom. The average Bonchev–Trinajstić information content (AvgIpc) is 3.07. The molecule has 1 aliphatic rings. The molecule has 0 aliphatic heterocycles. The van der Waals surface area contributed by atoms with Crippen molar-refractivity contribution < 1.29 is 0 Å². The van der Waals surface area contributed by atoms with Gasteiger partial charge in [0, 0.05) is 24.8 Å². The number of aromatic nitrogens is 3. The van der Waals surface area contributed by atoms with Gasteiger partial charge in [0.2, 0.25) is 0 Å². The summed E-state index contributed by atoms with van der Waals surface area (Å²) in [6, 6.07) is 5.90. The number of hydrogen-bond acceptors (Lipinski definition) is 4. The summed E-state index contributed by atoms with van der Waals surface area (Å²) in [7, 11) is 4.40. The highest BCUT2D eigenvalue weighted by atomic mass is 127. The molecule has 0 radical (unpaired) electrons. The summed E-state index contributed by atoms with van der Waals surface area (Å²) in [5.74, 6) is 2.45. The normalized spacial score (nSPS) is 22.9. The predicted octanol–water partition coefficient (Wildman–Crippen LogP) is 2.91. The fraction of sp³-hybridized carbons (Fsp3) is 0.650. The predicted molar refractivity (Wildman–Crippen MR) is 125 cm³/mol. The van der Waals surface area contributed by atoms with Crippen molar-refractivity contribution in [1.82, 2.24) is 30.1 Å². The maximum Gasteiger partial charge on any atom is 0.191 e. The second-order valence-corrected chi connectivity index (χ2v) is 7.91. The Hall–Kier alpha value is -1.42. The molecule has 2 heterocycles. The number of aliphatic imine (C=N–C) groups is 1. The smallest absolute Gasteiger partial charge is 0.191 e. The molecule has 0 amide bonds. The summed E-state index contributed by atoms with van der Waals surface area (Å²) in [6.45, 7) is 6.68. The number of guanidine groups is 1. The van der Waals surface area contributed by atoms with Gasteiger partial charge in [0.1, 0.15) is 6.54 Å². The number of hydrogen-bond donors (Lipinski definition) is 2. The molecule has 2 atom stereocenters. The molecule has 0 aromatic carbocycles. The van der Waals surface area contributed by atoms with E-state index < -0.39 is 0 Å². The second-order valence-electron chi connectivity index (χ2n) is 7.91. The maximum absolute atomic E-state index is 4.75. The van der Waals surface area contributed by atoms with E-state index in [1.165, 1.54) is 25.7 Å². The van der Waals surface area contributed by atoms with Crippen LogP contribution in [-0.4, -0.2) is 58.2 Å². The number of pyridine rings is 1. The minimum absolute atomic E-state index is 0. The first kappa shape index (κ1) is 22.9. The average molecular weight is 499 g/mol. The van der Waals surface area contributed by atoms with Crippen molar-refractivity contribution >= 4 is 35.6 Å². The Labute approximate surface area is 185 Å². The quantitative estimate of drug-likeness (QED) is 0.364. The van der Waals surface area contributed by atoms with E-state index in [2.05, 4.69) is 53.7 Å². The van der Waals surface area contributed by atoms with Crippen LogP contribution >= 0.6 is 24.0 Å². The number of likely N-dealkylation sites (N-methyl/N-ethyl adjacent to an activating group) is 1. The molecule has 2 N–H and O–H groups in total. The highest BCUT2D eigenvalue weighted by molar-refractivity contribution is 14.0. The third-order valence-corrected chi connectivity index (χ3v) is 5.71. The first-order valence-corrected chi connectivity index (χ1v) is 10.0. The molecule has 1 aliphatic carbocycles. The van der Waals surface area contributed by atoms with Crippen LogP contribution in [-0.2, 0) is 6.54 Å². The SMILES string of the molecule is CCNC(=NCc1nnc2ccccn12)NCC1(N(C)C)CCCC(C)C1.I. The van der Waals surface area contributed by atoms with E-state index in [9.17, 15) is 0 Å². The van der Waals surface area contributed by atoms with Crippen molar-refractivity contribution in [1.29, 1.82) is 0 Å². The molecule has 156 valence electrons. The Bertz CT molecular complexity index is 773. The number of halogens is 1. The molecule has 7 nitrogen and oxygen atoms in total. The van der Waals surface area contributed by atoms with Gasteiger partial charge < -0.3 is 15.5 Å². The summed E-state index contributed by atoms with van der Waals surface area (Å²) in [5.41, 5.74) is 1.04. The highest BCUT2D eigenvalue weighted by Gasteiger charge is 2.36. The van der Waals surface area contributed by atoms with Crippen LogP contribution in [0.4, 0.5) is 0 Å². The minimum atomic E-state index is 0. The molecular formula is C20H34IN7. The number of nitrogens with zero attached hydrogens (tertiary/aromatic N) is 5. The van der Waals surface area contributed by atoms with Gasteiger partial charge in [-0.1, -0.05) is 25.8 Å². The first-order valence-electron chi connectivity index (χ1n) is 10.0. The fourth-order valence-corrected chi connectivity index (χ4v) is 4.10. The molecule has 2 unspecified atom stereocenters. The van der Waals surface area contributed by atoms with Crippen LogP contribution in [0.25, 0.3) is 5.65 Å². The molecule has 1 fully saturated rings. The lowest BCUT2D eigenvalue weighted by molar-refractivity contribution is 0.0795. The van der Waals surface area contributed by atoms with Gasteiger partial charge in [-0.2, -0.15) is 0 Å². The number of fused-ring (bicyclic) bond motifs is 1. The van der Waals surface area contributed by atoms with E-state index >= 15 is 0 Å². The summed E-state index contributed by atoms with van der Waals surface area (Å²) >= 11 is 0. The molecule has 3 rings (SSSR count). The van der Waals surface area contributed by atoms with E-state index in [1.54, 1.807) is 0 Å².